The molecule has 92 valence electrons. The van der Waals surface area contributed by atoms with Crippen molar-refractivity contribution >= 4 is 23.8 Å². The normalized spacial score (nSPS) is 10.3. The van der Waals surface area contributed by atoms with Crippen molar-refractivity contribution in [2.45, 2.75) is 0 Å². The van der Waals surface area contributed by atoms with E-state index in [1.54, 1.807) is 12.1 Å². The molecule has 7 heteroatoms. The van der Waals surface area contributed by atoms with E-state index >= 15 is 0 Å². The maximum atomic E-state index is 5.92. The van der Waals surface area contributed by atoms with Gasteiger partial charge in [-0.1, -0.05) is 11.6 Å². The highest BCUT2D eigenvalue weighted by Crippen LogP contribution is 2.33. The lowest BCUT2D eigenvalue weighted by atomic mass is 10.2. The Kier molecular flexibility index (Phi) is 4.59. The van der Waals surface area contributed by atoms with Crippen LogP contribution in [-0.4, -0.2) is 26.4 Å². The van der Waals surface area contributed by atoms with Crippen molar-refractivity contribution < 1.29 is 9.47 Å². The molecular weight excluding hydrogens is 244 g/mol. The number of halogens is 1. The lowest BCUT2D eigenvalue weighted by molar-refractivity contribution is 0.354. The molecule has 0 fully saturated rings. The van der Waals surface area contributed by atoms with Gasteiger partial charge in [0.15, 0.2) is 11.5 Å². The van der Waals surface area contributed by atoms with Crippen LogP contribution in [-0.2, 0) is 0 Å². The zero-order valence-electron chi connectivity index (χ0n) is 9.48. The van der Waals surface area contributed by atoms with E-state index in [-0.39, 0.29) is 5.96 Å². The molecule has 0 aliphatic carbocycles. The molecule has 0 bridgehead atoms. The second kappa shape index (κ2) is 5.95. The third-order valence-electron chi connectivity index (χ3n) is 1.84. The maximum absolute atomic E-state index is 5.92. The summed E-state index contributed by atoms with van der Waals surface area (Å²) in [6.07, 6.45) is 1.42. The van der Waals surface area contributed by atoms with Gasteiger partial charge in [-0.05, 0) is 6.07 Å². The average Bonchev–Trinajstić information content (AvgIpc) is 2.27. The summed E-state index contributed by atoms with van der Waals surface area (Å²) in [6, 6.07) is 3.30. The van der Waals surface area contributed by atoms with E-state index in [1.807, 2.05) is 0 Å². The Bertz CT molecular complexity index is 456. The quantitative estimate of drug-likeness (QED) is 0.477. The molecule has 1 aromatic carbocycles. The van der Waals surface area contributed by atoms with Crippen molar-refractivity contribution in [2.75, 3.05) is 14.2 Å². The number of rotatable bonds is 4. The fourth-order valence-corrected chi connectivity index (χ4v) is 1.43. The summed E-state index contributed by atoms with van der Waals surface area (Å²) in [6.45, 7) is 0. The minimum Gasteiger partial charge on any atom is -0.493 e. The minimum absolute atomic E-state index is 0.130. The number of nitrogens with zero attached hydrogens (tertiary/aromatic N) is 2. The van der Waals surface area contributed by atoms with E-state index in [0.717, 1.165) is 0 Å². The van der Waals surface area contributed by atoms with Crippen molar-refractivity contribution in [1.29, 1.82) is 0 Å². The predicted octanol–water partition coefficient (Wildman–Crippen LogP) is 0.965. The summed E-state index contributed by atoms with van der Waals surface area (Å²) >= 11 is 5.92. The standard InChI is InChI=1S/C10H13ClN4O2/c1-16-8-4-7(11)3-6(9(8)17-2)5-14-15-10(12)13/h3-5H,1-2H3,(H4,12,13,15)/b14-5+. The summed E-state index contributed by atoms with van der Waals surface area (Å²) < 4.78 is 10.3. The van der Waals surface area contributed by atoms with Gasteiger partial charge in [0, 0.05) is 16.7 Å². The van der Waals surface area contributed by atoms with Gasteiger partial charge in [0.2, 0.25) is 5.96 Å². The third kappa shape index (κ3) is 3.53. The topological polar surface area (TPSA) is 95.2 Å². The largest absolute Gasteiger partial charge is 0.493 e. The summed E-state index contributed by atoms with van der Waals surface area (Å²) in [5.41, 5.74) is 10.9. The first-order chi connectivity index (χ1) is 8.08. The van der Waals surface area contributed by atoms with Crippen LogP contribution in [0.25, 0.3) is 0 Å². The monoisotopic (exact) mass is 256 g/mol. The number of hydrogen-bond acceptors (Lipinski definition) is 4. The van der Waals surface area contributed by atoms with Crippen LogP contribution in [0.15, 0.2) is 22.3 Å². The van der Waals surface area contributed by atoms with Crippen molar-refractivity contribution in [3.05, 3.63) is 22.7 Å². The molecule has 1 aromatic rings. The Morgan fingerprint density at radius 1 is 1.29 bits per heavy atom. The molecule has 0 amide bonds. The van der Waals surface area contributed by atoms with Gasteiger partial charge in [-0.25, -0.2) is 0 Å². The Balaban J connectivity index is 3.17. The lowest BCUT2D eigenvalue weighted by Crippen LogP contribution is -2.21. The Morgan fingerprint density at radius 3 is 2.53 bits per heavy atom. The molecule has 0 aliphatic rings. The summed E-state index contributed by atoms with van der Waals surface area (Å²) in [4.78, 5) is 0. The van der Waals surface area contributed by atoms with E-state index in [4.69, 9.17) is 32.5 Å². The SMILES string of the molecule is COc1cc(Cl)cc(/C=N/N=C(N)N)c1OC. The molecule has 0 heterocycles. The van der Waals surface area contributed by atoms with E-state index in [9.17, 15) is 0 Å². The zero-order chi connectivity index (χ0) is 12.8. The highest BCUT2D eigenvalue weighted by atomic mass is 35.5. The van der Waals surface area contributed by atoms with Gasteiger partial charge in [-0.15, -0.1) is 5.10 Å². The number of methoxy groups -OCH3 is 2. The molecule has 0 spiro atoms. The molecule has 0 saturated heterocycles. The van der Waals surface area contributed by atoms with Gasteiger partial charge >= 0.3 is 0 Å². The summed E-state index contributed by atoms with van der Waals surface area (Å²) in [5.74, 6) is 0.881. The van der Waals surface area contributed by atoms with Crippen LogP contribution in [0.2, 0.25) is 5.02 Å². The van der Waals surface area contributed by atoms with Gasteiger partial charge in [-0.3, -0.25) is 0 Å². The third-order valence-corrected chi connectivity index (χ3v) is 2.06. The van der Waals surface area contributed by atoms with Crippen LogP contribution < -0.4 is 20.9 Å². The fraction of sp³-hybridized carbons (Fsp3) is 0.200. The van der Waals surface area contributed by atoms with E-state index in [2.05, 4.69) is 10.2 Å². The smallest absolute Gasteiger partial charge is 0.211 e. The number of nitrogens with two attached hydrogens (primary N) is 2. The van der Waals surface area contributed by atoms with E-state index in [1.165, 1.54) is 20.4 Å². The lowest BCUT2D eigenvalue weighted by Gasteiger charge is -2.10. The van der Waals surface area contributed by atoms with E-state index in [0.29, 0.717) is 22.1 Å². The van der Waals surface area contributed by atoms with Crippen LogP contribution in [0.4, 0.5) is 0 Å². The molecule has 0 atom stereocenters. The number of benzene rings is 1. The van der Waals surface area contributed by atoms with Crippen LogP contribution in [0.3, 0.4) is 0 Å². The van der Waals surface area contributed by atoms with Crippen molar-refractivity contribution in [3.63, 3.8) is 0 Å². The van der Waals surface area contributed by atoms with Gasteiger partial charge in [0.05, 0.1) is 20.4 Å². The molecule has 1 rings (SSSR count). The predicted molar refractivity (Wildman–Crippen MR) is 68.0 cm³/mol. The molecule has 0 unspecified atom stereocenters. The second-order valence-electron chi connectivity index (χ2n) is 3.00. The number of ether oxygens (including phenoxy) is 2. The Hall–Kier alpha value is -1.95. The molecular formula is C10H13ClN4O2. The Morgan fingerprint density at radius 2 is 2.00 bits per heavy atom. The first-order valence-corrected chi connectivity index (χ1v) is 4.99. The van der Waals surface area contributed by atoms with Crippen LogP contribution >= 0.6 is 11.6 Å². The Labute approximate surface area is 104 Å². The summed E-state index contributed by atoms with van der Waals surface area (Å²) in [5, 5.41) is 7.66. The average molecular weight is 257 g/mol. The minimum atomic E-state index is -0.130. The van der Waals surface area contributed by atoms with Gasteiger partial charge < -0.3 is 20.9 Å². The molecule has 4 N–H and O–H groups in total. The maximum Gasteiger partial charge on any atom is 0.211 e. The molecule has 0 aromatic heterocycles. The van der Waals surface area contributed by atoms with Gasteiger partial charge in [0.25, 0.3) is 0 Å². The van der Waals surface area contributed by atoms with Gasteiger partial charge in [-0.2, -0.15) is 5.10 Å². The van der Waals surface area contributed by atoms with Crippen molar-refractivity contribution in [2.24, 2.45) is 21.7 Å². The molecule has 6 nitrogen and oxygen atoms in total. The van der Waals surface area contributed by atoms with Crippen LogP contribution in [0, 0.1) is 0 Å². The van der Waals surface area contributed by atoms with Crippen LogP contribution in [0.5, 0.6) is 11.5 Å². The number of guanidine groups is 1. The number of hydrogen-bond donors (Lipinski definition) is 2. The van der Waals surface area contributed by atoms with Gasteiger partial charge in [0.1, 0.15) is 0 Å². The molecule has 0 aliphatic heterocycles. The zero-order valence-corrected chi connectivity index (χ0v) is 10.2. The van der Waals surface area contributed by atoms with E-state index < -0.39 is 0 Å². The fourth-order valence-electron chi connectivity index (χ4n) is 1.21. The van der Waals surface area contributed by atoms with Crippen molar-refractivity contribution in [1.82, 2.24) is 0 Å². The highest BCUT2D eigenvalue weighted by Gasteiger charge is 2.10. The van der Waals surface area contributed by atoms with Crippen LogP contribution in [0.1, 0.15) is 5.56 Å². The highest BCUT2D eigenvalue weighted by molar-refractivity contribution is 6.31. The summed E-state index contributed by atoms with van der Waals surface area (Å²) in [7, 11) is 3.04. The first-order valence-electron chi connectivity index (χ1n) is 4.62. The molecule has 0 radical (unpaired) electrons. The van der Waals surface area contributed by atoms with Crippen molar-refractivity contribution in [3.8, 4) is 11.5 Å². The second-order valence-corrected chi connectivity index (χ2v) is 3.44. The molecule has 17 heavy (non-hydrogen) atoms. The molecule has 0 saturated carbocycles. The first kappa shape index (κ1) is 13.1.